The van der Waals surface area contributed by atoms with Gasteiger partial charge in [0.2, 0.25) is 0 Å². The molecule has 0 atom stereocenters. The molecule has 0 saturated carbocycles. The number of hydrogen-bond donors (Lipinski definition) is 0. The lowest BCUT2D eigenvalue weighted by atomic mass is 9.95. The summed E-state index contributed by atoms with van der Waals surface area (Å²) in [5.41, 5.74) is 0. The van der Waals surface area contributed by atoms with Gasteiger partial charge in [0, 0.05) is 5.92 Å². The van der Waals surface area contributed by atoms with Crippen LogP contribution in [0.3, 0.4) is 0 Å². The smallest absolute Gasteiger partial charge is 0.0834 e. The van der Waals surface area contributed by atoms with Crippen LogP contribution in [0.15, 0.2) is 0 Å². The van der Waals surface area contributed by atoms with Gasteiger partial charge in [-0.3, -0.25) is 0 Å². The van der Waals surface area contributed by atoms with Crippen molar-refractivity contribution in [3.8, 4) is 0 Å². The Labute approximate surface area is 148 Å². The molecule has 0 aromatic rings. The number of alkyl halides is 3. The number of unbranched alkanes of at least 4 members (excludes halogenated alkanes) is 10. The molecule has 0 aliphatic carbocycles. The molecule has 0 heterocycles. The average Bonchev–Trinajstić information content (AvgIpc) is 2.42. The van der Waals surface area contributed by atoms with Gasteiger partial charge in [0.15, 0.2) is 3.79 Å². The first kappa shape index (κ1) is 21.9. The van der Waals surface area contributed by atoms with Gasteiger partial charge in [0.25, 0.3) is 0 Å². The largest absolute Gasteiger partial charge is 0.193 e. The Morgan fingerprint density at radius 3 is 1.24 bits per heavy atom. The highest BCUT2D eigenvalue weighted by molar-refractivity contribution is 6.67. The van der Waals surface area contributed by atoms with Crippen molar-refractivity contribution < 1.29 is 0 Å². The second-order valence-electron chi connectivity index (χ2n) is 6.35. The second-order valence-corrected chi connectivity index (χ2v) is 8.72. The van der Waals surface area contributed by atoms with E-state index in [-0.39, 0.29) is 5.92 Å². The Hall–Kier alpha value is 0.870. The lowest BCUT2D eigenvalue weighted by molar-refractivity contribution is 0.408. The highest BCUT2D eigenvalue weighted by atomic mass is 35.6. The third-order valence-electron chi connectivity index (χ3n) is 4.28. The zero-order valence-electron chi connectivity index (χ0n) is 14.1. The summed E-state index contributed by atoms with van der Waals surface area (Å²) in [5.74, 6) is 0.236. The third kappa shape index (κ3) is 14.2. The molecular formula is C18H35Cl3. The summed E-state index contributed by atoms with van der Waals surface area (Å²) >= 11 is 18.5. The fraction of sp³-hybridized carbons (Fsp3) is 1.00. The molecule has 0 aliphatic heterocycles. The first-order valence-electron chi connectivity index (χ1n) is 9.09. The van der Waals surface area contributed by atoms with E-state index >= 15 is 0 Å². The van der Waals surface area contributed by atoms with E-state index in [9.17, 15) is 0 Å². The molecule has 0 aliphatic rings. The minimum atomic E-state index is -1.08. The maximum atomic E-state index is 6.16. The van der Waals surface area contributed by atoms with E-state index < -0.39 is 3.79 Å². The molecular weight excluding hydrogens is 323 g/mol. The van der Waals surface area contributed by atoms with Gasteiger partial charge in [-0.25, -0.2) is 0 Å². The van der Waals surface area contributed by atoms with Gasteiger partial charge in [0.05, 0.1) is 0 Å². The van der Waals surface area contributed by atoms with Gasteiger partial charge < -0.3 is 0 Å². The number of rotatable bonds is 14. The Kier molecular flexibility index (Phi) is 15.1. The van der Waals surface area contributed by atoms with Crippen molar-refractivity contribution in [2.75, 3.05) is 0 Å². The van der Waals surface area contributed by atoms with Gasteiger partial charge in [-0.15, -0.1) is 0 Å². The van der Waals surface area contributed by atoms with E-state index in [0.717, 1.165) is 12.8 Å². The Morgan fingerprint density at radius 1 is 0.571 bits per heavy atom. The molecule has 0 unspecified atom stereocenters. The van der Waals surface area contributed by atoms with Crippen molar-refractivity contribution in [2.45, 2.75) is 108 Å². The van der Waals surface area contributed by atoms with E-state index in [1.54, 1.807) is 0 Å². The molecule has 0 rings (SSSR count). The fourth-order valence-electron chi connectivity index (χ4n) is 2.81. The molecule has 0 nitrogen and oxygen atoms in total. The SMILES string of the molecule is CCCCCCCCC(CCCCCCCC)C(Cl)(Cl)Cl. The fourth-order valence-corrected chi connectivity index (χ4v) is 3.47. The van der Waals surface area contributed by atoms with E-state index in [1.807, 2.05) is 0 Å². The molecule has 0 aromatic carbocycles. The average molecular weight is 358 g/mol. The van der Waals surface area contributed by atoms with Crippen LogP contribution in [0.5, 0.6) is 0 Å². The molecule has 0 saturated heterocycles. The van der Waals surface area contributed by atoms with Crippen LogP contribution in [0.25, 0.3) is 0 Å². The van der Waals surface area contributed by atoms with Crippen LogP contribution >= 0.6 is 34.8 Å². The molecule has 0 N–H and O–H groups in total. The van der Waals surface area contributed by atoms with Gasteiger partial charge in [-0.05, 0) is 12.8 Å². The topological polar surface area (TPSA) is 0 Å². The zero-order chi connectivity index (χ0) is 16.0. The Bertz CT molecular complexity index is 195. The highest BCUT2D eigenvalue weighted by Crippen LogP contribution is 2.40. The monoisotopic (exact) mass is 356 g/mol. The lowest BCUT2D eigenvalue weighted by Crippen LogP contribution is -2.19. The van der Waals surface area contributed by atoms with Gasteiger partial charge in [-0.1, -0.05) is 126 Å². The lowest BCUT2D eigenvalue weighted by Gasteiger charge is -2.24. The van der Waals surface area contributed by atoms with Crippen LogP contribution < -0.4 is 0 Å². The Morgan fingerprint density at radius 2 is 0.905 bits per heavy atom. The summed E-state index contributed by atoms with van der Waals surface area (Å²) in [4.78, 5) is 0. The highest BCUT2D eigenvalue weighted by Gasteiger charge is 2.31. The summed E-state index contributed by atoms with van der Waals surface area (Å²) in [7, 11) is 0. The minimum absolute atomic E-state index is 0.236. The van der Waals surface area contributed by atoms with E-state index in [1.165, 1.54) is 77.0 Å². The number of halogens is 3. The summed E-state index contributed by atoms with van der Waals surface area (Å²) in [6.45, 7) is 4.50. The molecule has 3 heteroatoms. The van der Waals surface area contributed by atoms with Crippen LogP contribution in [0.2, 0.25) is 0 Å². The molecule has 0 aromatic heterocycles. The van der Waals surface area contributed by atoms with E-state index in [4.69, 9.17) is 34.8 Å². The summed E-state index contributed by atoms with van der Waals surface area (Å²) in [6, 6.07) is 0. The molecule has 0 amide bonds. The first-order valence-corrected chi connectivity index (χ1v) is 10.2. The van der Waals surface area contributed by atoms with Crippen LogP contribution in [-0.2, 0) is 0 Å². The predicted octanol–water partition coefficient (Wildman–Crippen LogP) is 8.47. The molecule has 0 bridgehead atoms. The predicted molar refractivity (Wildman–Crippen MR) is 99.8 cm³/mol. The minimum Gasteiger partial charge on any atom is -0.0834 e. The van der Waals surface area contributed by atoms with Crippen molar-refractivity contribution in [1.29, 1.82) is 0 Å². The van der Waals surface area contributed by atoms with Crippen LogP contribution in [-0.4, -0.2) is 3.79 Å². The van der Waals surface area contributed by atoms with Gasteiger partial charge in [0.1, 0.15) is 0 Å². The summed E-state index contributed by atoms with van der Waals surface area (Å²) < 4.78 is -1.08. The normalized spacial score (nSPS) is 12.3. The van der Waals surface area contributed by atoms with Crippen molar-refractivity contribution >= 4 is 34.8 Å². The van der Waals surface area contributed by atoms with Crippen LogP contribution in [0, 0.1) is 5.92 Å². The maximum Gasteiger partial charge on any atom is 0.193 e. The molecule has 0 spiro atoms. The van der Waals surface area contributed by atoms with E-state index in [0.29, 0.717) is 0 Å². The van der Waals surface area contributed by atoms with Gasteiger partial charge in [-0.2, -0.15) is 0 Å². The van der Waals surface area contributed by atoms with Crippen molar-refractivity contribution in [3.63, 3.8) is 0 Å². The third-order valence-corrected chi connectivity index (χ3v) is 5.20. The zero-order valence-corrected chi connectivity index (χ0v) is 16.4. The summed E-state index contributed by atoms with van der Waals surface area (Å²) in [5, 5.41) is 0. The van der Waals surface area contributed by atoms with Crippen molar-refractivity contribution in [1.82, 2.24) is 0 Å². The standard InChI is InChI=1S/C18H35Cl3/c1-3-5-7-9-11-13-15-17(18(19,20)21)16-14-12-10-8-6-4-2/h17H,3-16H2,1-2H3. The van der Waals surface area contributed by atoms with Crippen LogP contribution in [0.4, 0.5) is 0 Å². The van der Waals surface area contributed by atoms with Crippen molar-refractivity contribution in [2.24, 2.45) is 5.92 Å². The molecule has 0 fully saturated rings. The quantitative estimate of drug-likeness (QED) is 0.216. The second kappa shape index (κ2) is 14.5. The first-order chi connectivity index (χ1) is 10.0. The van der Waals surface area contributed by atoms with Gasteiger partial charge >= 0.3 is 0 Å². The molecule has 21 heavy (non-hydrogen) atoms. The Balaban J connectivity index is 3.74. The number of hydrogen-bond acceptors (Lipinski definition) is 0. The summed E-state index contributed by atoms with van der Waals surface area (Å²) in [6.07, 6.45) is 17.8. The maximum absolute atomic E-state index is 6.16. The van der Waals surface area contributed by atoms with E-state index in [2.05, 4.69) is 13.8 Å². The van der Waals surface area contributed by atoms with Crippen molar-refractivity contribution in [3.05, 3.63) is 0 Å². The van der Waals surface area contributed by atoms with Crippen LogP contribution in [0.1, 0.15) is 104 Å². The molecule has 128 valence electrons. The molecule has 0 radical (unpaired) electrons.